The number of halogens is 2. The van der Waals surface area contributed by atoms with Crippen LogP contribution in [0.3, 0.4) is 0 Å². The SMILES string of the molecule is O=S(=O)(NN=Cc1cn[nH]c1-c1ccc(Cl)cc1)c1ccc(Cl)cc1. The van der Waals surface area contributed by atoms with Crippen molar-refractivity contribution in [2.75, 3.05) is 0 Å². The molecule has 0 saturated heterocycles. The first-order chi connectivity index (χ1) is 12.0. The smallest absolute Gasteiger partial charge is 0.276 e. The number of rotatable bonds is 5. The maximum atomic E-state index is 12.2. The molecule has 0 saturated carbocycles. The van der Waals surface area contributed by atoms with Gasteiger partial charge < -0.3 is 0 Å². The molecule has 0 fully saturated rings. The first kappa shape index (κ1) is 17.5. The molecule has 25 heavy (non-hydrogen) atoms. The number of nitrogens with one attached hydrogen (secondary N) is 2. The van der Waals surface area contributed by atoms with Crippen molar-refractivity contribution in [3.63, 3.8) is 0 Å². The van der Waals surface area contributed by atoms with Crippen LogP contribution in [0.25, 0.3) is 11.3 Å². The van der Waals surface area contributed by atoms with Crippen LogP contribution in [0.5, 0.6) is 0 Å². The van der Waals surface area contributed by atoms with E-state index < -0.39 is 10.0 Å². The van der Waals surface area contributed by atoms with Crippen LogP contribution in [0, 0.1) is 0 Å². The molecule has 9 heteroatoms. The zero-order valence-electron chi connectivity index (χ0n) is 12.6. The number of aromatic amines is 1. The topological polar surface area (TPSA) is 87.2 Å². The van der Waals surface area contributed by atoms with Crippen molar-refractivity contribution in [1.29, 1.82) is 0 Å². The summed E-state index contributed by atoms with van der Waals surface area (Å²) in [5, 5.41) is 11.7. The van der Waals surface area contributed by atoms with Gasteiger partial charge in [-0.2, -0.15) is 18.6 Å². The monoisotopic (exact) mass is 394 g/mol. The zero-order valence-corrected chi connectivity index (χ0v) is 15.0. The number of hydrazone groups is 1. The summed E-state index contributed by atoms with van der Waals surface area (Å²) in [5.74, 6) is 0. The molecule has 1 aromatic heterocycles. The molecule has 0 spiro atoms. The summed E-state index contributed by atoms with van der Waals surface area (Å²) >= 11 is 11.6. The van der Waals surface area contributed by atoms with E-state index in [0.29, 0.717) is 21.3 Å². The Bertz CT molecular complexity index is 997. The third-order valence-corrected chi connectivity index (χ3v) is 5.04. The van der Waals surface area contributed by atoms with Crippen molar-refractivity contribution in [3.8, 4) is 11.3 Å². The van der Waals surface area contributed by atoms with Crippen molar-refractivity contribution in [2.24, 2.45) is 5.10 Å². The van der Waals surface area contributed by atoms with E-state index in [1.165, 1.54) is 30.5 Å². The molecule has 0 unspecified atom stereocenters. The van der Waals surface area contributed by atoms with E-state index in [1.54, 1.807) is 18.3 Å². The van der Waals surface area contributed by atoms with Crippen LogP contribution in [0.4, 0.5) is 0 Å². The van der Waals surface area contributed by atoms with Crippen LogP contribution >= 0.6 is 23.2 Å². The minimum absolute atomic E-state index is 0.0687. The first-order valence-corrected chi connectivity index (χ1v) is 9.29. The Kier molecular flexibility index (Phi) is 5.08. The second-order valence-electron chi connectivity index (χ2n) is 5.01. The lowest BCUT2D eigenvalue weighted by Crippen LogP contribution is -2.18. The molecule has 128 valence electrons. The third-order valence-electron chi connectivity index (χ3n) is 3.30. The highest BCUT2D eigenvalue weighted by atomic mass is 35.5. The average molecular weight is 395 g/mol. The molecule has 0 amide bonds. The lowest BCUT2D eigenvalue weighted by molar-refractivity contribution is 0.584. The van der Waals surface area contributed by atoms with Gasteiger partial charge in [-0.25, -0.2) is 4.83 Å². The van der Waals surface area contributed by atoms with Gasteiger partial charge in [0.2, 0.25) is 0 Å². The molecule has 6 nitrogen and oxygen atoms in total. The van der Waals surface area contributed by atoms with E-state index in [9.17, 15) is 8.42 Å². The fraction of sp³-hybridized carbons (Fsp3) is 0. The standard InChI is InChI=1S/C16H12Cl2N4O2S/c17-13-3-1-11(2-4-13)16-12(9-19-21-16)10-20-22-25(23,24)15-7-5-14(18)6-8-15/h1-10,22H,(H,19,21). The van der Waals surface area contributed by atoms with Crippen LogP contribution in [-0.2, 0) is 10.0 Å². The second-order valence-corrected chi connectivity index (χ2v) is 7.55. The summed E-state index contributed by atoms with van der Waals surface area (Å²) in [6, 6.07) is 12.9. The van der Waals surface area contributed by atoms with Gasteiger partial charge in [0, 0.05) is 21.2 Å². The number of sulfonamides is 1. The summed E-state index contributed by atoms with van der Waals surface area (Å²) in [4.78, 5) is 2.23. The Morgan fingerprint density at radius 1 is 1.00 bits per heavy atom. The van der Waals surface area contributed by atoms with E-state index in [4.69, 9.17) is 23.2 Å². The largest absolute Gasteiger partial charge is 0.277 e. The van der Waals surface area contributed by atoms with Crippen LogP contribution in [0.1, 0.15) is 5.56 Å². The summed E-state index contributed by atoms with van der Waals surface area (Å²) < 4.78 is 24.3. The predicted octanol–water partition coefficient (Wildman–Crippen LogP) is 3.70. The number of aromatic nitrogens is 2. The van der Waals surface area contributed by atoms with Gasteiger partial charge in [0.25, 0.3) is 10.0 Å². The van der Waals surface area contributed by atoms with Gasteiger partial charge in [0.1, 0.15) is 0 Å². The first-order valence-electron chi connectivity index (χ1n) is 7.05. The maximum Gasteiger partial charge on any atom is 0.276 e. The summed E-state index contributed by atoms with van der Waals surface area (Å²) in [5.41, 5.74) is 2.18. The number of H-pyrrole nitrogens is 1. The molecule has 0 aliphatic rings. The molecule has 2 aromatic carbocycles. The Morgan fingerprint density at radius 3 is 2.24 bits per heavy atom. The second kappa shape index (κ2) is 7.26. The number of hydrogen-bond donors (Lipinski definition) is 2. The van der Waals surface area contributed by atoms with Gasteiger partial charge in [-0.05, 0) is 36.4 Å². The number of nitrogens with zero attached hydrogens (tertiary/aromatic N) is 2. The van der Waals surface area contributed by atoms with Crippen molar-refractivity contribution in [1.82, 2.24) is 15.0 Å². The Hall–Kier alpha value is -2.35. The molecule has 0 radical (unpaired) electrons. The lowest BCUT2D eigenvalue weighted by atomic mass is 10.1. The Labute approximate surface area is 154 Å². The normalized spacial score (nSPS) is 11.8. The van der Waals surface area contributed by atoms with Crippen LogP contribution in [0.15, 0.2) is 64.7 Å². The summed E-state index contributed by atoms with van der Waals surface area (Å²) in [6.07, 6.45) is 2.92. The molecule has 0 bridgehead atoms. The number of benzene rings is 2. The summed E-state index contributed by atoms with van der Waals surface area (Å²) in [7, 11) is -3.77. The van der Waals surface area contributed by atoms with Gasteiger partial charge >= 0.3 is 0 Å². The van der Waals surface area contributed by atoms with Gasteiger partial charge in [0.05, 0.1) is 23.0 Å². The van der Waals surface area contributed by atoms with E-state index in [-0.39, 0.29) is 4.90 Å². The molecule has 1 heterocycles. The highest BCUT2D eigenvalue weighted by Crippen LogP contribution is 2.22. The fourth-order valence-corrected chi connectivity index (χ4v) is 3.12. The van der Waals surface area contributed by atoms with E-state index >= 15 is 0 Å². The highest BCUT2D eigenvalue weighted by Gasteiger charge is 2.12. The van der Waals surface area contributed by atoms with Crippen LogP contribution < -0.4 is 4.83 Å². The predicted molar refractivity (Wildman–Crippen MR) is 98.4 cm³/mol. The van der Waals surface area contributed by atoms with Crippen molar-refractivity contribution >= 4 is 39.4 Å². The van der Waals surface area contributed by atoms with E-state index in [1.807, 2.05) is 12.1 Å². The molecule has 3 aromatic rings. The molecule has 0 aliphatic carbocycles. The van der Waals surface area contributed by atoms with Crippen LogP contribution in [0.2, 0.25) is 10.0 Å². The molecular formula is C16H12Cl2N4O2S. The lowest BCUT2D eigenvalue weighted by Gasteiger charge is -2.03. The Balaban J connectivity index is 1.78. The van der Waals surface area contributed by atoms with Gasteiger partial charge in [-0.1, -0.05) is 35.3 Å². The fourth-order valence-electron chi connectivity index (χ4n) is 2.07. The quantitative estimate of drug-likeness (QED) is 0.510. The van der Waals surface area contributed by atoms with E-state index in [2.05, 4.69) is 20.1 Å². The van der Waals surface area contributed by atoms with Crippen LogP contribution in [-0.4, -0.2) is 24.8 Å². The van der Waals surface area contributed by atoms with Crippen molar-refractivity contribution in [2.45, 2.75) is 4.90 Å². The number of hydrogen-bond acceptors (Lipinski definition) is 4. The zero-order chi connectivity index (χ0) is 17.9. The Morgan fingerprint density at radius 2 is 1.60 bits per heavy atom. The van der Waals surface area contributed by atoms with Crippen molar-refractivity contribution < 1.29 is 8.42 Å². The molecule has 3 rings (SSSR count). The molecular weight excluding hydrogens is 383 g/mol. The third kappa shape index (κ3) is 4.19. The highest BCUT2D eigenvalue weighted by molar-refractivity contribution is 7.89. The summed E-state index contributed by atoms with van der Waals surface area (Å²) in [6.45, 7) is 0. The average Bonchev–Trinajstić information content (AvgIpc) is 3.04. The minimum Gasteiger partial charge on any atom is -0.277 e. The maximum absolute atomic E-state index is 12.2. The van der Waals surface area contributed by atoms with Crippen molar-refractivity contribution in [3.05, 3.63) is 70.3 Å². The van der Waals surface area contributed by atoms with Gasteiger partial charge in [-0.3, -0.25) is 5.10 Å². The molecule has 0 atom stereocenters. The molecule has 0 aliphatic heterocycles. The van der Waals surface area contributed by atoms with Gasteiger partial charge in [0.15, 0.2) is 0 Å². The molecule has 2 N–H and O–H groups in total. The van der Waals surface area contributed by atoms with Gasteiger partial charge in [-0.15, -0.1) is 0 Å². The minimum atomic E-state index is -3.77. The van der Waals surface area contributed by atoms with E-state index in [0.717, 1.165) is 5.56 Å².